The monoisotopic (exact) mass is 228 g/mol. The van der Waals surface area contributed by atoms with Crippen molar-refractivity contribution in [2.24, 2.45) is 0 Å². The number of hydrogen-bond donors (Lipinski definition) is 0. The van der Waals surface area contributed by atoms with E-state index in [-0.39, 0.29) is 0 Å². The third-order valence-electron chi connectivity index (χ3n) is 3.87. The molecular formula is C15H20N2. The van der Waals surface area contributed by atoms with Gasteiger partial charge in [0.05, 0.1) is 12.1 Å². The zero-order valence-electron chi connectivity index (χ0n) is 10.6. The van der Waals surface area contributed by atoms with Crippen molar-refractivity contribution in [1.29, 1.82) is 0 Å². The number of allylic oxidation sites excluding steroid dienone is 4. The lowest BCUT2D eigenvalue weighted by Gasteiger charge is -2.38. The molecule has 17 heavy (non-hydrogen) atoms. The van der Waals surface area contributed by atoms with Gasteiger partial charge in [-0.05, 0) is 44.8 Å². The highest BCUT2D eigenvalue weighted by atomic mass is 15.3. The summed E-state index contributed by atoms with van der Waals surface area (Å²) < 4.78 is 0. The van der Waals surface area contributed by atoms with Gasteiger partial charge < -0.3 is 9.80 Å². The van der Waals surface area contributed by atoms with E-state index >= 15 is 0 Å². The van der Waals surface area contributed by atoms with Crippen molar-refractivity contribution in [3.63, 3.8) is 0 Å². The lowest BCUT2D eigenvalue weighted by molar-refractivity contribution is 0.246. The van der Waals surface area contributed by atoms with E-state index in [0.717, 1.165) is 0 Å². The molecule has 1 fully saturated rings. The predicted octanol–water partition coefficient (Wildman–Crippen LogP) is 2.68. The van der Waals surface area contributed by atoms with E-state index in [1.54, 1.807) is 0 Å². The van der Waals surface area contributed by atoms with Crippen molar-refractivity contribution in [2.75, 3.05) is 13.1 Å². The van der Waals surface area contributed by atoms with Crippen LogP contribution in [0.1, 0.15) is 20.3 Å². The first-order valence-corrected chi connectivity index (χ1v) is 6.49. The minimum Gasteiger partial charge on any atom is -0.369 e. The molecule has 0 aliphatic carbocycles. The average Bonchev–Trinajstić information content (AvgIpc) is 2.48. The summed E-state index contributed by atoms with van der Waals surface area (Å²) in [6.07, 6.45) is 15.0. The van der Waals surface area contributed by atoms with Crippen LogP contribution in [0.5, 0.6) is 0 Å². The van der Waals surface area contributed by atoms with Crippen molar-refractivity contribution >= 4 is 0 Å². The van der Waals surface area contributed by atoms with Gasteiger partial charge in [-0.25, -0.2) is 0 Å². The van der Waals surface area contributed by atoms with Gasteiger partial charge in [-0.1, -0.05) is 23.3 Å². The fourth-order valence-corrected chi connectivity index (χ4v) is 2.94. The lowest BCUT2D eigenvalue weighted by atomic mass is 9.97. The van der Waals surface area contributed by atoms with Crippen LogP contribution in [0.25, 0.3) is 0 Å². The average molecular weight is 228 g/mol. The molecule has 3 heterocycles. The van der Waals surface area contributed by atoms with Crippen molar-refractivity contribution in [2.45, 2.75) is 32.4 Å². The first kappa shape index (κ1) is 10.7. The Hall–Kier alpha value is -1.44. The van der Waals surface area contributed by atoms with E-state index in [0.29, 0.717) is 12.1 Å². The Kier molecular flexibility index (Phi) is 2.58. The number of nitrogens with zero attached hydrogens (tertiary/aromatic N) is 2. The van der Waals surface area contributed by atoms with Crippen LogP contribution in [0.3, 0.4) is 0 Å². The van der Waals surface area contributed by atoms with E-state index in [4.69, 9.17) is 0 Å². The molecule has 90 valence electrons. The van der Waals surface area contributed by atoms with E-state index in [1.807, 2.05) is 0 Å². The Balaban J connectivity index is 1.96. The molecule has 0 saturated carbocycles. The van der Waals surface area contributed by atoms with Gasteiger partial charge in [-0.3, -0.25) is 0 Å². The van der Waals surface area contributed by atoms with E-state index in [1.165, 1.54) is 30.7 Å². The first-order chi connectivity index (χ1) is 8.24. The maximum absolute atomic E-state index is 2.49. The Morgan fingerprint density at radius 3 is 1.82 bits per heavy atom. The number of rotatable bonds is 0. The van der Waals surface area contributed by atoms with Crippen molar-refractivity contribution in [3.8, 4) is 0 Å². The minimum atomic E-state index is 0.502. The number of hydrogen-bond acceptors (Lipinski definition) is 2. The largest absolute Gasteiger partial charge is 0.369 e. The molecule has 0 bridgehead atoms. The molecule has 0 aromatic carbocycles. The normalized spacial score (nSPS) is 31.4. The summed E-state index contributed by atoms with van der Waals surface area (Å²) in [6, 6.07) is 1.00. The molecule has 2 heteroatoms. The van der Waals surface area contributed by atoms with Gasteiger partial charge in [0.15, 0.2) is 0 Å². The quantitative estimate of drug-likeness (QED) is 0.629. The van der Waals surface area contributed by atoms with Crippen LogP contribution in [0, 0.1) is 0 Å². The molecule has 0 amide bonds. The Labute approximate surface area is 104 Å². The number of fused-ring (bicyclic) bond motifs is 3. The minimum absolute atomic E-state index is 0.502. The summed E-state index contributed by atoms with van der Waals surface area (Å²) >= 11 is 0. The second kappa shape index (κ2) is 4.10. The van der Waals surface area contributed by atoms with Crippen LogP contribution >= 0.6 is 0 Å². The zero-order chi connectivity index (χ0) is 11.8. The summed E-state index contributed by atoms with van der Waals surface area (Å²) in [6.45, 7) is 6.72. The van der Waals surface area contributed by atoms with Crippen LogP contribution in [0.2, 0.25) is 0 Å². The fraction of sp³-hybridized carbons (Fsp3) is 0.467. The molecule has 3 aliphatic rings. The molecule has 0 radical (unpaired) electrons. The summed E-state index contributed by atoms with van der Waals surface area (Å²) in [5, 5.41) is 0. The maximum Gasteiger partial charge on any atom is 0.0713 e. The topological polar surface area (TPSA) is 6.48 Å². The van der Waals surface area contributed by atoms with Crippen LogP contribution < -0.4 is 0 Å². The Morgan fingerprint density at radius 2 is 1.35 bits per heavy atom. The first-order valence-electron chi connectivity index (χ1n) is 6.49. The van der Waals surface area contributed by atoms with Crippen LogP contribution in [0.15, 0.2) is 47.9 Å². The van der Waals surface area contributed by atoms with Gasteiger partial charge in [0.2, 0.25) is 0 Å². The third-order valence-corrected chi connectivity index (χ3v) is 3.87. The summed E-state index contributed by atoms with van der Waals surface area (Å²) in [4.78, 5) is 4.97. The molecule has 2 atom stereocenters. The highest BCUT2D eigenvalue weighted by Gasteiger charge is 2.31. The van der Waals surface area contributed by atoms with Gasteiger partial charge >= 0.3 is 0 Å². The van der Waals surface area contributed by atoms with Gasteiger partial charge in [-0.2, -0.15) is 0 Å². The van der Waals surface area contributed by atoms with Gasteiger partial charge in [0, 0.05) is 13.1 Å². The molecule has 0 spiro atoms. The molecule has 3 aliphatic heterocycles. The smallest absolute Gasteiger partial charge is 0.0713 e. The molecule has 0 N–H and O–H groups in total. The second-order valence-corrected chi connectivity index (χ2v) is 5.26. The highest BCUT2D eigenvalue weighted by molar-refractivity contribution is 5.31. The van der Waals surface area contributed by atoms with Crippen LogP contribution in [-0.2, 0) is 0 Å². The molecule has 1 saturated heterocycles. The van der Waals surface area contributed by atoms with Gasteiger partial charge in [-0.15, -0.1) is 0 Å². The van der Waals surface area contributed by atoms with Crippen LogP contribution in [-0.4, -0.2) is 35.0 Å². The summed E-state index contributed by atoms with van der Waals surface area (Å²) in [5.41, 5.74) is 2.77. The second-order valence-electron chi connectivity index (χ2n) is 5.26. The SMILES string of the molecule is CC1=C[C@H]2[C@@H]3C=C(C)C=CN3CCCN2C=C1. The van der Waals surface area contributed by atoms with Crippen molar-refractivity contribution in [1.82, 2.24) is 9.80 Å². The molecule has 0 aromatic rings. The molecule has 3 rings (SSSR count). The van der Waals surface area contributed by atoms with Crippen molar-refractivity contribution in [3.05, 3.63) is 47.9 Å². The molecule has 0 unspecified atom stereocenters. The summed E-state index contributed by atoms with van der Waals surface area (Å²) in [5.74, 6) is 0. The highest BCUT2D eigenvalue weighted by Crippen LogP contribution is 2.27. The lowest BCUT2D eigenvalue weighted by Crippen LogP contribution is -2.45. The molecule has 0 aromatic heterocycles. The van der Waals surface area contributed by atoms with E-state index in [9.17, 15) is 0 Å². The molecular weight excluding hydrogens is 208 g/mol. The predicted molar refractivity (Wildman–Crippen MR) is 71.4 cm³/mol. The van der Waals surface area contributed by atoms with Crippen molar-refractivity contribution < 1.29 is 0 Å². The Morgan fingerprint density at radius 1 is 0.882 bits per heavy atom. The molecule has 2 nitrogen and oxygen atoms in total. The van der Waals surface area contributed by atoms with Gasteiger partial charge in [0.25, 0.3) is 0 Å². The summed E-state index contributed by atoms with van der Waals surface area (Å²) in [7, 11) is 0. The Bertz CT molecular complexity index is 388. The maximum atomic E-state index is 2.49. The van der Waals surface area contributed by atoms with Crippen LogP contribution in [0.4, 0.5) is 0 Å². The van der Waals surface area contributed by atoms with E-state index in [2.05, 4.69) is 60.4 Å². The fourth-order valence-electron chi connectivity index (χ4n) is 2.94. The third kappa shape index (κ3) is 1.92. The standard InChI is InChI=1S/C15H20N2/c1-12-4-8-16-6-3-7-17-9-5-13(2)11-15(17)14(16)10-12/h4-5,8-11,14-15H,3,6-7H2,1-2H3/t14-,15-/m0/s1. The zero-order valence-corrected chi connectivity index (χ0v) is 10.6. The van der Waals surface area contributed by atoms with E-state index < -0.39 is 0 Å². The van der Waals surface area contributed by atoms with Gasteiger partial charge in [0.1, 0.15) is 0 Å².